The van der Waals surface area contributed by atoms with E-state index in [1.54, 1.807) is 0 Å². The SMILES string of the molecule is COc1cc(C=O)ccc1O.O=C(O)O. The van der Waals surface area contributed by atoms with E-state index in [0.717, 1.165) is 0 Å². The number of hydrogen-bond acceptors (Lipinski definition) is 4. The highest BCUT2D eigenvalue weighted by Crippen LogP contribution is 2.25. The number of aromatic hydroxyl groups is 1. The molecule has 1 aromatic rings. The molecule has 15 heavy (non-hydrogen) atoms. The standard InChI is InChI=1S/C8H8O3.CH2O3/c1-11-8-4-6(5-9)2-3-7(8)10;2-1(3)4/h2-5,10H,1H3;(H2,2,3,4). The topological polar surface area (TPSA) is 104 Å². The zero-order valence-electron chi connectivity index (χ0n) is 7.88. The molecule has 0 radical (unpaired) electrons. The molecule has 0 bridgehead atoms. The normalized spacial score (nSPS) is 8.33. The van der Waals surface area contributed by atoms with Gasteiger partial charge in [-0.05, 0) is 18.2 Å². The van der Waals surface area contributed by atoms with Crippen LogP contribution >= 0.6 is 0 Å². The van der Waals surface area contributed by atoms with Crippen LogP contribution in [0.15, 0.2) is 18.2 Å². The van der Waals surface area contributed by atoms with E-state index in [0.29, 0.717) is 17.6 Å². The second-order valence-corrected chi connectivity index (χ2v) is 2.33. The molecular formula is C9H10O6. The number of aldehydes is 1. The summed E-state index contributed by atoms with van der Waals surface area (Å²) in [7, 11) is 1.43. The van der Waals surface area contributed by atoms with E-state index in [4.69, 9.17) is 24.9 Å². The van der Waals surface area contributed by atoms with Crippen molar-refractivity contribution >= 4 is 12.4 Å². The van der Waals surface area contributed by atoms with Crippen LogP contribution in [0.25, 0.3) is 0 Å². The lowest BCUT2D eigenvalue weighted by atomic mass is 10.2. The molecule has 0 aromatic heterocycles. The van der Waals surface area contributed by atoms with Gasteiger partial charge in [0.05, 0.1) is 7.11 Å². The van der Waals surface area contributed by atoms with Crippen LogP contribution in [0.3, 0.4) is 0 Å². The summed E-state index contributed by atoms with van der Waals surface area (Å²) in [6.07, 6.45) is -1.14. The number of carbonyl (C=O) groups excluding carboxylic acids is 1. The van der Waals surface area contributed by atoms with Crippen molar-refractivity contribution in [1.82, 2.24) is 0 Å². The molecule has 6 nitrogen and oxygen atoms in total. The first kappa shape index (κ1) is 12.8. The lowest BCUT2D eigenvalue weighted by Gasteiger charge is -2.01. The fourth-order valence-electron chi connectivity index (χ4n) is 0.768. The Bertz CT molecular complexity index is 342. The number of rotatable bonds is 2. The van der Waals surface area contributed by atoms with E-state index < -0.39 is 6.16 Å². The van der Waals surface area contributed by atoms with Crippen molar-refractivity contribution in [2.45, 2.75) is 0 Å². The third kappa shape index (κ3) is 5.14. The van der Waals surface area contributed by atoms with Crippen LogP contribution in [0, 0.1) is 0 Å². The third-order valence-corrected chi connectivity index (χ3v) is 1.34. The summed E-state index contributed by atoms with van der Waals surface area (Å²) in [6.45, 7) is 0. The van der Waals surface area contributed by atoms with Gasteiger partial charge in [0.15, 0.2) is 11.5 Å². The monoisotopic (exact) mass is 214 g/mol. The fourth-order valence-corrected chi connectivity index (χ4v) is 0.768. The van der Waals surface area contributed by atoms with Crippen LogP contribution in [0.4, 0.5) is 4.79 Å². The molecule has 0 spiro atoms. The van der Waals surface area contributed by atoms with Crippen molar-refractivity contribution in [3.8, 4) is 11.5 Å². The van der Waals surface area contributed by atoms with Crippen LogP contribution in [0.1, 0.15) is 10.4 Å². The number of phenols is 1. The molecule has 0 amide bonds. The number of carboxylic acid groups (broad SMARTS) is 2. The first-order valence-electron chi connectivity index (χ1n) is 3.75. The van der Waals surface area contributed by atoms with Gasteiger partial charge in [-0.2, -0.15) is 0 Å². The predicted molar refractivity (Wildman–Crippen MR) is 50.7 cm³/mol. The molecule has 1 rings (SSSR count). The van der Waals surface area contributed by atoms with Gasteiger partial charge in [-0.1, -0.05) is 0 Å². The Balaban J connectivity index is 0.000000423. The second-order valence-electron chi connectivity index (χ2n) is 2.33. The average Bonchev–Trinajstić information content (AvgIpc) is 2.18. The van der Waals surface area contributed by atoms with Crippen molar-refractivity contribution in [2.75, 3.05) is 7.11 Å². The highest BCUT2D eigenvalue weighted by Gasteiger charge is 2.00. The maximum absolute atomic E-state index is 10.2. The molecule has 0 aliphatic heterocycles. The molecule has 0 unspecified atom stereocenters. The third-order valence-electron chi connectivity index (χ3n) is 1.34. The maximum Gasteiger partial charge on any atom is 0.503 e. The molecule has 0 fully saturated rings. The molecule has 0 atom stereocenters. The number of methoxy groups -OCH3 is 1. The zero-order valence-corrected chi connectivity index (χ0v) is 7.88. The van der Waals surface area contributed by atoms with E-state index in [-0.39, 0.29) is 5.75 Å². The van der Waals surface area contributed by atoms with Gasteiger partial charge in [0, 0.05) is 5.56 Å². The molecule has 0 saturated heterocycles. The minimum absolute atomic E-state index is 0.0399. The Hall–Kier alpha value is -2.24. The molecule has 0 heterocycles. The summed E-state index contributed by atoms with van der Waals surface area (Å²) in [5.41, 5.74) is 0.486. The van der Waals surface area contributed by atoms with Crippen molar-refractivity contribution in [3.05, 3.63) is 23.8 Å². The van der Waals surface area contributed by atoms with Crippen molar-refractivity contribution < 1.29 is 29.6 Å². The van der Waals surface area contributed by atoms with Gasteiger partial charge in [-0.15, -0.1) is 0 Å². The minimum atomic E-state index is -1.83. The lowest BCUT2D eigenvalue weighted by molar-refractivity contribution is 0.112. The highest BCUT2D eigenvalue weighted by molar-refractivity contribution is 5.76. The van der Waals surface area contributed by atoms with Gasteiger partial charge < -0.3 is 20.1 Å². The second kappa shape index (κ2) is 6.25. The molecule has 82 valence electrons. The summed E-state index contributed by atoms with van der Waals surface area (Å²) in [5.74, 6) is 0.354. The molecular weight excluding hydrogens is 204 g/mol. The average molecular weight is 214 g/mol. The minimum Gasteiger partial charge on any atom is -0.504 e. The quantitative estimate of drug-likeness (QED) is 0.643. The smallest absolute Gasteiger partial charge is 0.503 e. The molecule has 0 aliphatic rings. The van der Waals surface area contributed by atoms with E-state index >= 15 is 0 Å². The number of benzene rings is 1. The zero-order chi connectivity index (χ0) is 11.8. The summed E-state index contributed by atoms with van der Waals surface area (Å²) in [4.78, 5) is 18.8. The highest BCUT2D eigenvalue weighted by atomic mass is 16.6. The van der Waals surface area contributed by atoms with Crippen molar-refractivity contribution in [1.29, 1.82) is 0 Å². The Morgan fingerprint density at radius 2 is 1.93 bits per heavy atom. The molecule has 0 saturated carbocycles. The summed E-state index contributed by atoms with van der Waals surface area (Å²) in [5, 5.41) is 23.0. The van der Waals surface area contributed by atoms with Gasteiger partial charge >= 0.3 is 6.16 Å². The maximum atomic E-state index is 10.2. The molecule has 6 heteroatoms. The lowest BCUT2D eigenvalue weighted by Crippen LogP contribution is -1.85. The van der Waals surface area contributed by atoms with Crippen LogP contribution in [-0.2, 0) is 0 Å². The Morgan fingerprint density at radius 1 is 1.40 bits per heavy atom. The van der Waals surface area contributed by atoms with Crippen LogP contribution in [0.5, 0.6) is 11.5 Å². The van der Waals surface area contributed by atoms with Crippen LogP contribution in [-0.4, -0.2) is 34.9 Å². The Kier molecular flexibility index (Phi) is 5.32. The first-order chi connectivity index (χ1) is 7.01. The van der Waals surface area contributed by atoms with E-state index in [1.165, 1.54) is 25.3 Å². The van der Waals surface area contributed by atoms with Gasteiger partial charge in [-0.25, -0.2) is 4.79 Å². The summed E-state index contributed by atoms with van der Waals surface area (Å²) >= 11 is 0. The van der Waals surface area contributed by atoms with Crippen molar-refractivity contribution in [3.63, 3.8) is 0 Å². The van der Waals surface area contributed by atoms with E-state index in [1.807, 2.05) is 0 Å². The van der Waals surface area contributed by atoms with Gasteiger partial charge in [0.1, 0.15) is 6.29 Å². The Labute approximate surface area is 85.4 Å². The summed E-state index contributed by atoms with van der Waals surface area (Å²) < 4.78 is 4.78. The van der Waals surface area contributed by atoms with E-state index in [9.17, 15) is 4.79 Å². The van der Waals surface area contributed by atoms with Crippen molar-refractivity contribution in [2.24, 2.45) is 0 Å². The van der Waals surface area contributed by atoms with Gasteiger partial charge in [0.25, 0.3) is 0 Å². The number of carbonyl (C=O) groups is 2. The van der Waals surface area contributed by atoms with Gasteiger partial charge in [-0.3, -0.25) is 4.79 Å². The van der Waals surface area contributed by atoms with Crippen LogP contribution in [0.2, 0.25) is 0 Å². The molecule has 0 aliphatic carbocycles. The Morgan fingerprint density at radius 3 is 2.33 bits per heavy atom. The molecule has 3 N–H and O–H groups in total. The largest absolute Gasteiger partial charge is 0.504 e. The fraction of sp³-hybridized carbons (Fsp3) is 0.111. The summed E-state index contributed by atoms with van der Waals surface area (Å²) in [6, 6.07) is 4.41. The van der Waals surface area contributed by atoms with Crippen LogP contribution < -0.4 is 4.74 Å². The van der Waals surface area contributed by atoms with Gasteiger partial charge in [0.2, 0.25) is 0 Å². The number of ether oxygens (including phenoxy) is 1. The van der Waals surface area contributed by atoms with E-state index in [2.05, 4.69) is 0 Å². The predicted octanol–water partition coefficient (Wildman–Crippen LogP) is 1.44. The number of hydrogen-bond donors (Lipinski definition) is 3. The molecule has 1 aromatic carbocycles. The first-order valence-corrected chi connectivity index (χ1v) is 3.75. The number of phenolic OH excluding ortho intramolecular Hbond substituents is 1.